The first-order valence-electron chi connectivity index (χ1n) is 5.82. The molecule has 0 spiro atoms. The number of aliphatic hydroxyl groups excluding tert-OH is 1. The Morgan fingerprint density at radius 3 is 2.67 bits per heavy atom. The first kappa shape index (κ1) is 10.9. The van der Waals surface area contributed by atoms with Crippen LogP contribution in [0.5, 0.6) is 0 Å². The summed E-state index contributed by atoms with van der Waals surface area (Å²) in [5.74, 6) is 0.409. The molecule has 2 aliphatic heterocycles. The van der Waals surface area contributed by atoms with E-state index in [2.05, 4.69) is 11.9 Å². The Balaban J connectivity index is 1.89. The fraction of sp³-hybridized carbons (Fsp3) is 0.909. The van der Waals surface area contributed by atoms with Crippen LogP contribution in [0.1, 0.15) is 19.3 Å². The highest BCUT2D eigenvalue weighted by atomic mass is 16.3. The Hall–Kier alpha value is -0.610. The van der Waals surface area contributed by atoms with Crippen molar-refractivity contribution in [1.29, 1.82) is 0 Å². The Morgan fingerprint density at radius 2 is 2.07 bits per heavy atom. The zero-order chi connectivity index (χ0) is 10.8. The number of hydrogen-bond acceptors (Lipinski definition) is 3. The van der Waals surface area contributed by atoms with Crippen LogP contribution in [0.2, 0.25) is 0 Å². The molecule has 4 nitrogen and oxygen atoms in total. The van der Waals surface area contributed by atoms with E-state index < -0.39 is 0 Å². The number of nitrogens with zero attached hydrogens (tertiary/aromatic N) is 2. The largest absolute Gasteiger partial charge is 0.391 e. The van der Waals surface area contributed by atoms with Gasteiger partial charge in [0.05, 0.1) is 12.0 Å². The van der Waals surface area contributed by atoms with Gasteiger partial charge >= 0.3 is 0 Å². The van der Waals surface area contributed by atoms with E-state index in [1.165, 1.54) is 0 Å². The fourth-order valence-electron chi connectivity index (χ4n) is 2.57. The number of carbonyl (C=O) groups is 1. The smallest absolute Gasteiger partial charge is 0.227 e. The minimum Gasteiger partial charge on any atom is -0.391 e. The number of likely N-dealkylation sites (tertiary alicyclic amines) is 2. The summed E-state index contributed by atoms with van der Waals surface area (Å²) in [6.07, 6.45) is 2.57. The molecule has 4 heteroatoms. The molecule has 0 unspecified atom stereocenters. The van der Waals surface area contributed by atoms with Crippen molar-refractivity contribution in [1.82, 2.24) is 9.80 Å². The summed E-state index contributed by atoms with van der Waals surface area (Å²) in [6, 6.07) is 0. The summed E-state index contributed by atoms with van der Waals surface area (Å²) in [6.45, 7) is 3.26. The minimum atomic E-state index is -0.296. The van der Waals surface area contributed by atoms with Crippen LogP contribution < -0.4 is 0 Å². The van der Waals surface area contributed by atoms with Gasteiger partial charge in [-0.05, 0) is 32.9 Å². The lowest BCUT2D eigenvalue weighted by Gasteiger charge is -2.31. The maximum atomic E-state index is 12.1. The van der Waals surface area contributed by atoms with Gasteiger partial charge in [-0.1, -0.05) is 0 Å². The van der Waals surface area contributed by atoms with Gasteiger partial charge in [0.15, 0.2) is 0 Å². The molecule has 0 aromatic carbocycles. The van der Waals surface area contributed by atoms with E-state index in [4.69, 9.17) is 0 Å². The second-order valence-electron chi connectivity index (χ2n) is 4.83. The first-order valence-corrected chi connectivity index (χ1v) is 5.82. The van der Waals surface area contributed by atoms with Crippen LogP contribution in [0.25, 0.3) is 0 Å². The lowest BCUT2D eigenvalue weighted by Crippen LogP contribution is -2.43. The van der Waals surface area contributed by atoms with Gasteiger partial charge in [-0.2, -0.15) is 0 Å². The van der Waals surface area contributed by atoms with Crippen molar-refractivity contribution in [3.63, 3.8) is 0 Å². The Bertz CT molecular complexity index is 245. The van der Waals surface area contributed by atoms with Crippen molar-refractivity contribution in [3.8, 4) is 0 Å². The van der Waals surface area contributed by atoms with E-state index >= 15 is 0 Å². The molecule has 2 fully saturated rings. The van der Waals surface area contributed by atoms with Gasteiger partial charge in [0, 0.05) is 19.6 Å². The number of aliphatic hydroxyl groups is 1. The number of hydrogen-bond donors (Lipinski definition) is 1. The molecule has 2 atom stereocenters. The van der Waals surface area contributed by atoms with Crippen LogP contribution in [-0.4, -0.2) is 60.1 Å². The van der Waals surface area contributed by atoms with Gasteiger partial charge in [-0.25, -0.2) is 0 Å². The molecule has 2 rings (SSSR count). The predicted octanol–water partition coefficient (Wildman–Crippen LogP) is -0.0786. The summed E-state index contributed by atoms with van der Waals surface area (Å²) in [5, 5.41) is 9.39. The summed E-state index contributed by atoms with van der Waals surface area (Å²) in [7, 11) is 2.07. The summed E-state index contributed by atoms with van der Waals surface area (Å²) in [4.78, 5) is 16.1. The SMILES string of the molecule is CN1CCC[C@H](C(=O)N2CC[C@@H](O)C2)C1. The summed E-state index contributed by atoms with van der Waals surface area (Å²) < 4.78 is 0. The molecule has 0 aromatic heterocycles. The van der Waals surface area contributed by atoms with E-state index in [1.54, 1.807) is 0 Å². The third-order valence-electron chi connectivity index (χ3n) is 3.45. The van der Waals surface area contributed by atoms with Crippen molar-refractivity contribution in [3.05, 3.63) is 0 Å². The van der Waals surface area contributed by atoms with Crippen LogP contribution in [0.4, 0.5) is 0 Å². The van der Waals surface area contributed by atoms with Crippen LogP contribution in [0.3, 0.4) is 0 Å². The van der Waals surface area contributed by atoms with Crippen molar-refractivity contribution >= 4 is 5.91 Å². The molecule has 86 valence electrons. The average molecular weight is 212 g/mol. The quantitative estimate of drug-likeness (QED) is 0.661. The van der Waals surface area contributed by atoms with Crippen molar-refractivity contribution in [2.24, 2.45) is 5.92 Å². The van der Waals surface area contributed by atoms with Gasteiger partial charge in [-0.15, -0.1) is 0 Å². The van der Waals surface area contributed by atoms with E-state index in [0.29, 0.717) is 6.54 Å². The minimum absolute atomic E-state index is 0.161. The number of carbonyl (C=O) groups excluding carboxylic acids is 1. The number of β-amino-alcohol motifs (C(OH)–C–C–N with tert-alkyl or cyclic N) is 1. The summed E-state index contributed by atoms with van der Waals surface area (Å²) in [5.41, 5.74) is 0. The fourth-order valence-corrected chi connectivity index (χ4v) is 2.57. The van der Waals surface area contributed by atoms with Crippen LogP contribution in [-0.2, 0) is 4.79 Å². The van der Waals surface area contributed by atoms with Gasteiger partial charge in [0.1, 0.15) is 0 Å². The number of piperidine rings is 1. The molecule has 0 bridgehead atoms. The predicted molar refractivity (Wildman–Crippen MR) is 57.4 cm³/mol. The molecular formula is C11H20N2O2. The molecule has 1 amide bonds. The normalized spacial score (nSPS) is 33.3. The van der Waals surface area contributed by atoms with Crippen molar-refractivity contribution < 1.29 is 9.90 Å². The topological polar surface area (TPSA) is 43.8 Å². The maximum Gasteiger partial charge on any atom is 0.227 e. The molecule has 0 aromatic rings. The van der Waals surface area contributed by atoms with E-state index in [1.807, 2.05) is 4.90 Å². The van der Waals surface area contributed by atoms with Crippen molar-refractivity contribution in [2.75, 3.05) is 33.2 Å². The standard InChI is InChI=1S/C11H20N2O2/c1-12-5-2-3-9(7-12)11(15)13-6-4-10(14)8-13/h9-10,14H,2-8H2,1H3/t9-,10+/m0/s1. The number of amides is 1. The number of rotatable bonds is 1. The molecule has 0 aliphatic carbocycles. The van der Waals surface area contributed by atoms with Crippen molar-refractivity contribution in [2.45, 2.75) is 25.4 Å². The molecule has 2 heterocycles. The third-order valence-corrected chi connectivity index (χ3v) is 3.45. The van der Waals surface area contributed by atoms with Gasteiger partial charge in [0.25, 0.3) is 0 Å². The van der Waals surface area contributed by atoms with Crippen LogP contribution >= 0.6 is 0 Å². The second kappa shape index (κ2) is 4.49. The molecule has 2 saturated heterocycles. The Kier molecular flexibility index (Phi) is 3.26. The van der Waals surface area contributed by atoms with Gasteiger partial charge in [0.2, 0.25) is 5.91 Å². The van der Waals surface area contributed by atoms with Gasteiger partial charge in [-0.3, -0.25) is 4.79 Å². The highest BCUT2D eigenvalue weighted by molar-refractivity contribution is 5.79. The zero-order valence-corrected chi connectivity index (χ0v) is 9.35. The Morgan fingerprint density at radius 1 is 1.27 bits per heavy atom. The third kappa shape index (κ3) is 2.49. The Labute approximate surface area is 90.9 Å². The molecule has 1 N–H and O–H groups in total. The monoisotopic (exact) mass is 212 g/mol. The van der Waals surface area contributed by atoms with E-state index in [-0.39, 0.29) is 17.9 Å². The molecule has 15 heavy (non-hydrogen) atoms. The molecular weight excluding hydrogens is 192 g/mol. The van der Waals surface area contributed by atoms with E-state index in [0.717, 1.165) is 38.9 Å². The van der Waals surface area contributed by atoms with Crippen LogP contribution in [0.15, 0.2) is 0 Å². The van der Waals surface area contributed by atoms with E-state index in [9.17, 15) is 9.90 Å². The lowest BCUT2D eigenvalue weighted by atomic mass is 9.97. The zero-order valence-electron chi connectivity index (χ0n) is 9.35. The molecule has 2 aliphatic rings. The maximum absolute atomic E-state index is 12.1. The average Bonchev–Trinajstić information content (AvgIpc) is 2.64. The van der Waals surface area contributed by atoms with Gasteiger partial charge < -0.3 is 14.9 Å². The molecule has 0 saturated carbocycles. The second-order valence-corrected chi connectivity index (χ2v) is 4.83. The molecule has 0 radical (unpaired) electrons. The first-order chi connectivity index (χ1) is 7.16. The lowest BCUT2D eigenvalue weighted by molar-refractivity contribution is -0.136. The van der Waals surface area contributed by atoms with Crippen LogP contribution in [0, 0.1) is 5.92 Å². The highest BCUT2D eigenvalue weighted by Crippen LogP contribution is 2.20. The highest BCUT2D eigenvalue weighted by Gasteiger charge is 2.31. The summed E-state index contributed by atoms with van der Waals surface area (Å²) >= 11 is 0.